The summed E-state index contributed by atoms with van der Waals surface area (Å²) < 4.78 is 5.89. The molecule has 2 aromatic heterocycles. The Morgan fingerprint density at radius 2 is 1.82 bits per heavy atom. The van der Waals surface area contributed by atoms with Crippen LogP contribution in [0.2, 0.25) is 0 Å². The zero-order chi connectivity index (χ0) is 24.1. The summed E-state index contributed by atoms with van der Waals surface area (Å²) in [5, 5.41) is 3.59. The average molecular weight is 460 g/mol. The summed E-state index contributed by atoms with van der Waals surface area (Å²) in [6, 6.07) is 8.59. The Kier molecular flexibility index (Phi) is 7.66. The summed E-state index contributed by atoms with van der Waals surface area (Å²) in [7, 11) is 0. The maximum Gasteiger partial charge on any atom is 0.227 e. The molecule has 180 valence electrons. The van der Waals surface area contributed by atoms with E-state index in [1.54, 1.807) is 0 Å². The summed E-state index contributed by atoms with van der Waals surface area (Å²) >= 11 is 0. The van der Waals surface area contributed by atoms with E-state index in [2.05, 4.69) is 72.1 Å². The lowest BCUT2D eigenvalue weighted by molar-refractivity contribution is 0.335. The predicted octanol–water partition coefficient (Wildman–Crippen LogP) is 6.21. The second-order valence-corrected chi connectivity index (χ2v) is 9.61. The smallest absolute Gasteiger partial charge is 0.227 e. The van der Waals surface area contributed by atoms with Gasteiger partial charge in [0.2, 0.25) is 5.95 Å². The molecule has 1 fully saturated rings. The molecule has 0 spiro atoms. The fraction of sp³-hybridized carbons (Fsp3) is 0.464. The highest BCUT2D eigenvalue weighted by Crippen LogP contribution is 2.34. The highest BCUT2D eigenvalue weighted by atomic mass is 16.5. The van der Waals surface area contributed by atoms with Crippen LogP contribution in [-0.2, 0) is 6.42 Å². The van der Waals surface area contributed by atoms with E-state index in [-0.39, 0.29) is 0 Å². The Balaban J connectivity index is 1.47. The standard InChI is InChI=1S/C28H37N5O/c1-6-34-26-15-20(4)25(17-24(26)19(2)3)31-27-21(5)18-30-28(32-27)33-13-9-23(10-14-33)16-22-7-11-29-12-8-22/h7-8,11-12,15,17-19,23H,6,9-10,13-14,16H2,1-5H3,(H,30,31,32). The zero-order valence-corrected chi connectivity index (χ0v) is 21.1. The van der Waals surface area contributed by atoms with Crippen LogP contribution in [0.5, 0.6) is 5.75 Å². The molecule has 1 aliphatic heterocycles. The lowest BCUT2D eigenvalue weighted by Gasteiger charge is -2.32. The molecule has 1 saturated heterocycles. The van der Waals surface area contributed by atoms with Crippen LogP contribution >= 0.6 is 0 Å². The van der Waals surface area contributed by atoms with E-state index in [9.17, 15) is 0 Å². The Morgan fingerprint density at radius 3 is 2.50 bits per heavy atom. The first-order valence-electron chi connectivity index (χ1n) is 12.5. The maximum absolute atomic E-state index is 5.89. The van der Waals surface area contributed by atoms with Gasteiger partial charge in [-0.05, 0) is 92.8 Å². The molecule has 1 aromatic carbocycles. The molecule has 0 bridgehead atoms. The van der Waals surface area contributed by atoms with Crippen molar-refractivity contribution >= 4 is 17.5 Å². The van der Waals surface area contributed by atoms with Crippen LogP contribution in [0.4, 0.5) is 17.5 Å². The van der Waals surface area contributed by atoms with Crippen LogP contribution < -0.4 is 15.0 Å². The van der Waals surface area contributed by atoms with Crippen LogP contribution in [0.1, 0.15) is 61.8 Å². The topological polar surface area (TPSA) is 63.2 Å². The Morgan fingerprint density at radius 1 is 1.09 bits per heavy atom. The molecule has 34 heavy (non-hydrogen) atoms. The lowest BCUT2D eigenvalue weighted by Crippen LogP contribution is -2.35. The number of rotatable bonds is 8. The van der Waals surface area contributed by atoms with E-state index in [0.717, 1.165) is 66.7 Å². The van der Waals surface area contributed by atoms with Gasteiger partial charge in [-0.3, -0.25) is 4.98 Å². The predicted molar refractivity (Wildman–Crippen MR) is 139 cm³/mol. The molecule has 1 aliphatic rings. The SMILES string of the molecule is CCOc1cc(C)c(Nc2nc(N3CCC(Cc4ccncc4)CC3)ncc2C)cc1C(C)C. The number of hydrogen-bond acceptors (Lipinski definition) is 6. The molecule has 6 nitrogen and oxygen atoms in total. The molecule has 6 heteroatoms. The summed E-state index contributed by atoms with van der Waals surface area (Å²) in [5.41, 5.74) is 5.83. The van der Waals surface area contributed by atoms with Crippen molar-refractivity contribution in [1.82, 2.24) is 15.0 Å². The summed E-state index contributed by atoms with van der Waals surface area (Å²) in [6.45, 7) is 13.2. The third kappa shape index (κ3) is 5.66. The molecule has 0 saturated carbocycles. The van der Waals surface area contributed by atoms with Gasteiger partial charge >= 0.3 is 0 Å². The number of piperidine rings is 1. The Labute approximate surface area is 203 Å². The van der Waals surface area contributed by atoms with Crippen molar-refractivity contribution in [3.8, 4) is 5.75 Å². The molecule has 0 radical (unpaired) electrons. The number of ether oxygens (including phenoxy) is 1. The Hall–Kier alpha value is -3.15. The van der Waals surface area contributed by atoms with Gasteiger partial charge in [-0.1, -0.05) is 13.8 Å². The van der Waals surface area contributed by atoms with Crippen LogP contribution in [-0.4, -0.2) is 34.6 Å². The minimum absolute atomic E-state index is 0.373. The number of aromatic nitrogens is 3. The second kappa shape index (κ2) is 10.9. The van der Waals surface area contributed by atoms with Crippen molar-refractivity contribution in [2.45, 2.75) is 59.8 Å². The quantitative estimate of drug-likeness (QED) is 0.432. The third-order valence-corrected chi connectivity index (χ3v) is 6.66. The molecule has 3 aromatic rings. The van der Waals surface area contributed by atoms with E-state index in [4.69, 9.17) is 9.72 Å². The highest BCUT2D eigenvalue weighted by molar-refractivity contribution is 5.66. The summed E-state index contributed by atoms with van der Waals surface area (Å²) in [6.07, 6.45) is 9.12. The van der Waals surface area contributed by atoms with E-state index in [0.29, 0.717) is 18.4 Å². The van der Waals surface area contributed by atoms with E-state index >= 15 is 0 Å². The van der Waals surface area contributed by atoms with Crippen molar-refractivity contribution in [2.75, 3.05) is 29.9 Å². The third-order valence-electron chi connectivity index (χ3n) is 6.66. The van der Waals surface area contributed by atoms with Gasteiger partial charge in [-0.2, -0.15) is 4.98 Å². The van der Waals surface area contributed by atoms with E-state index in [1.807, 2.05) is 25.5 Å². The minimum Gasteiger partial charge on any atom is -0.494 e. The normalized spacial score (nSPS) is 14.5. The monoisotopic (exact) mass is 459 g/mol. The maximum atomic E-state index is 5.89. The van der Waals surface area contributed by atoms with Crippen molar-refractivity contribution in [2.24, 2.45) is 5.92 Å². The van der Waals surface area contributed by atoms with Gasteiger partial charge in [0.05, 0.1) is 6.61 Å². The highest BCUT2D eigenvalue weighted by Gasteiger charge is 2.22. The van der Waals surface area contributed by atoms with Gasteiger partial charge in [-0.25, -0.2) is 4.98 Å². The first-order valence-corrected chi connectivity index (χ1v) is 12.5. The number of hydrogen-bond donors (Lipinski definition) is 1. The zero-order valence-electron chi connectivity index (χ0n) is 21.1. The van der Waals surface area contributed by atoms with Crippen LogP contribution in [0.15, 0.2) is 42.9 Å². The summed E-state index contributed by atoms with van der Waals surface area (Å²) in [4.78, 5) is 16.1. The van der Waals surface area contributed by atoms with Gasteiger partial charge in [0.1, 0.15) is 11.6 Å². The number of anilines is 3. The van der Waals surface area contributed by atoms with Crippen molar-refractivity contribution in [3.63, 3.8) is 0 Å². The molecule has 4 rings (SSSR count). The molecule has 1 N–H and O–H groups in total. The van der Waals surface area contributed by atoms with Gasteiger partial charge < -0.3 is 15.0 Å². The Bertz CT molecular complexity index is 1090. The number of pyridine rings is 1. The van der Waals surface area contributed by atoms with Gasteiger partial charge in [0.25, 0.3) is 0 Å². The van der Waals surface area contributed by atoms with Gasteiger partial charge in [-0.15, -0.1) is 0 Å². The van der Waals surface area contributed by atoms with Gasteiger partial charge in [0.15, 0.2) is 0 Å². The number of aryl methyl sites for hydroxylation is 2. The molecule has 0 amide bonds. The number of nitrogens with one attached hydrogen (secondary N) is 1. The van der Waals surface area contributed by atoms with Crippen molar-refractivity contribution < 1.29 is 4.74 Å². The molecular weight excluding hydrogens is 422 g/mol. The molecule has 0 atom stereocenters. The largest absolute Gasteiger partial charge is 0.494 e. The first kappa shape index (κ1) is 24.0. The number of nitrogens with zero attached hydrogens (tertiary/aromatic N) is 4. The average Bonchev–Trinajstić information content (AvgIpc) is 2.83. The number of benzene rings is 1. The molecule has 0 unspecified atom stereocenters. The fourth-order valence-corrected chi connectivity index (χ4v) is 4.59. The van der Waals surface area contributed by atoms with Crippen LogP contribution in [0.25, 0.3) is 0 Å². The molecule has 3 heterocycles. The molecular formula is C28H37N5O. The van der Waals surface area contributed by atoms with Gasteiger partial charge in [0, 0.05) is 42.9 Å². The van der Waals surface area contributed by atoms with E-state index < -0.39 is 0 Å². The van der Waals surface area contributed by atoms with E-state index in [1.165, 1.54) is 11.1 Å². The second-order valence-electron chi connectivity index (χ2n) is 9.61. The van der Waals surface area contributed by atoms with Crippen LogP contribution in [0, 0.1) is 19.8 Å². The van der Waals surface area contributed by atoms with Crippen LogP contribution in [0.3, 0.4) is 0 Å². The van der Waals surface area contributed by atoms with Crippen molar-refractivity contribution in [3.05, 3.63) is 65.1 Å². The minimum atomic E-state index is 0.373. The lowest BCUT2D eigenvalue weighted by atomic mass is 9.90. The molecule has 0 aliphatic carbocycles. The first-order chi connectivity index (χ1) is 16.4. The van der Waals surface area contributed by atoms with Crippen molar-refractivity contribution in [1.29, 1.82) is 0 Å². The fourth-order valence-electron chi connectivity index (χ4n) is 4.59. The summed E-state index contributed by atoms with van der Waals surface area (Å²) in [5.74, 6) is 3.71.